The van der Waals surface area contributed by atoms with Crippen LogP contribution in [0.15, 0.2) is 30.3 Å². The van der Waals surface area contributed by atoms with E-state index in [1.54, 1.807) is 0 Å². The smallest absolute Gasteiger partial charge is 0.237 e. The third kappa shape index (κ3) is 1.75. The van der Waals surface area contributed by atoms with Crippen molar-refractivity contribution < 1.29 is 9.59 Å². The number of carbonyl (C=O) groups is 2. The lowest BCUT2D eigenvalue weighted by Crippen LogP contribution is -2.55. The van der Waals surface area contributed by atoms with Gasteiger partial charge in [0.25, 0.3) is 0 Å². The fraction of sp³-hybridized carbons (Fsp3) is 0.429. The summed E-state index contributed by atoms with van der Waals surface area (Å²) in [5.41, 5.74) is 0.440. The van der Waals surface area contributed by atoms with Gasteiger partial charge in [-0.15, -0.1) is 0 Å². The summed E-state index contributed by atoms with van der Waals surface area (Å²) in [7, 11) is 0. The molecule has 1 aliphatic heterocycles. The van der Waals surface area contributed by atoms with Gasteiger partial charge in [-0.2, -0.15) is 0 Å². The number of rotatable bonds is 2. The number of nitrogens with one attached hydrogen (secondary N) is 1. The molecule has 3 heteroatoms. The molecule has 1 fully saturated rings. The maximum Gasteiger partial charge on any atom is 0.237 e. The number of amides is 2. The van der Waals surface area contributed by atoms with Crippen LogP contribution in [-0.4, -0.2) is 11.8 Å². The Kier molecular flexibility index (Phi) is 3.01. The quantitative estimate of drug-likeness (QED) is 0.791. The maximum atomic E-state index is 12.2. The average molecular weight is 231 g/mol. The minimum absolute atomic E-state index is 0.0381. The van der Waals surface area contributed by atoms with E-state index in [2.05, 4.69) is 5.32 Å². The first-order valence-corrected chi connectivity index (χ1v) is 6.01. The first-order valence-electron chi connectivity index (χ1n) is 6.01. The lowest BCUT2D eigenvalue weighted by atomic mass is 9.65. The van der Waals surface area contributed by atoms with Crippen LogP contribution in [0.5, 0.6) is 0 Å². The van der Waals surface area contributed by atoms with Crippen molar-refractivity contribution in [3.8, 4) is 0 Å². The van der Waals surface area contributed by atoms with E-state index < -0.39 is 5.41 Å². The Balaban J connectivity index is 2.49. The van der Waals surface area contributed by atoms with E-state index in [9.17, 15) is 9.59 Å². The standard InChI is InChI=1S/C14H17NO2/c1-3-14(11-7-5-4-6-8-11)10(2)9-12(16)15-13(14)17/h4-8,10H,3,9H2,1-2H3,(H,15,16,17). The summed E-state index contributed by atoms with van der Waals surface area (Å²) in [5, 5.41) is 2.47. The zero-order chi connectivity index (χ0) is 12.5. The van der Waals surface area contributed by atoms with Gasteiger partial charge in [0.1, 0.15) is 0 Å². The van der Waals surface area contributed by atoms with Gasteiger partial charge >= 0.3 is 0 Å². The van der Waals surface area contributed by atoms with Crippen LogP contribution in [0.3, 0.4) is 0 Å². The van der Waals surface area contributed by atoms with Gasteiger partial charge in [0.15, 0.2) is 0 Å². The lowest BCUT2D eigenvalue weighted by molar-refractivity contribution is -0.140. The van der Waals surface area contributed by atoms with Crippen LogP contribution in [0.25, 0.3) is 0 Å². The average Bonchev–Trinajstić information content (AvgIpc) is 2.30. The first-order chi connectivity index (χ1) is 8.11. The van der Waals surface area contributed by atoms with E-state index in [0.29, 0.717) is 12.8 Å². The van der Waals surface area contributed by atoms with Gasteiger partial charge in [-0.1, -0.05) is 44.2 Å². The number of piperidine rings is 1. The molecule has 2 atom stereocenters. The van der Waals surface area contributed by atoms with Crippen LogP contribution in [0.1, 0.15) is 32.3 Å². The van der Waals surface area contributed by atoms with Gasteiger partial charge in [0.05, 0.1) is 5.41 Å². The molecule has 0 saturated carbocycles. The minimum Gasteiger partial charge on any atom is -0.296 e. The number of hydrogen-bond donors (Lipinski definition) is 1. The van der Waals surface area contributed by atoms with Crippen LogP contribution < -0.4 is 5.32 Å². The molecule has 1 aromatic rings. The summed E-state index contributed by atoms with van der Waals surface area (Å²) in [6.45, 7) is 3.98. The SMILES string of the molecule is CCC1(c2ccccc2)C(=O)NC(=O)CC1C. The number of benzene rings is 1. The molecule has 0 aliphatic carbocycles. The fourth-order valence-corrected chi connectivity index (χ4v) is 2.83. The molecule has 1 aromatic carbocycles. The number of hydrogen-bond acceptors (Lipinski definition) is 2. The largest absolute Gasteiger partial charge is 0.296 e. The first kappa shape index (κ1) is 11.8. The van der Waals surface area contributed by atoms with E-state index in [0.717, 1.165) is 5.56 Å². The Morgan fingerprint density at radius 3 is 2.47 bits per heavy atom. The molecule has 0 radical (unpaired) electrons. The normalized spacial score (nSPS) is 28.9. The molecule has 3 nitrogen and oxygen atoms in total. The fourth-order valence-electron chi connectivity index (χ4n) is 2.83. The second kappa shape index (κ2) is 4.32. The Hall–Kier alpha value is -1.64. The minimum atomic E-state index is -0.560. The van der Waals surface area contributed by atoms with Crippen molar-refractivity contribution in [2.24, 2.45) is 5.92 Å². The van der Waals surface area contributed by atoms with Crippen molar-refractivity contribution >= 4 is 11.8 Å². The molecular formula is C14H17NO2. The Bertz CT molecular complexity index is 441. The molecule has 1 aliphatic rings. The third-order valence-electron chi connectivity index (χ3n) is 3.84. The summed E-state index contributed by atoms with van der Waals surface area (Å²) in [4.78, 5) is 23.6. The molecule has 0 bridgehead atoms. The van der Waals surface area contributed by atoms with Gasteiger partial charge < -0.3 is 0 Å². The molecule has 2 rings (SSSR count). The highest BCUT2D eigenvalue weighted by atomic mass is 16.2. The highest BCUT2D eigenvalue weighted by Crippen LogP contribution is 2.40. The molecule has 1 heterocycles. The molecule has 2 amide bonds. The predicted octanol–water partition coefficient (Wildman–Crippen LogP) is 2.02. The van der Waals surface area contributed by atoms with Crippen LogP contribution in [0.4, 0.5) is 0 Å². The van der Waals surface area contributed by atoms with Crippen LogP contribution >= 0.6 is 0 Å². The van der Waals surface area contributed by atoms with E-state index in [1.807, 2.05) is 44.2 Å². The van der Waals surface area contributed by atoms with Gasteiger partial charge in [-0.05, 0) is 17.9 Å². The summed E-state index contributed by atoms with van der Waals surface area (Å²) in [6, 6.07) is 9.74. The van der Waals surface area contributed by atoms with Crippen molar-refractivity contribution in [2.75, 3.05) is 0 Å². The van der Waals surface area contributed by atoms with Gasteiger partial charge in [-0.25, -0.2) is 0 Å². The molecule has 1 saturated heterocycles. The highest BCUT2D eigenvalue weighted by Gasteiger charge is 2.47. The summed E-state index contributed by atoms with van der Waals surface area (Å²) in [6.07, 6.45) is 1.12. The molecule has 0 aromatic heterocycles. The Morgan fingerprint density at radius 2 is 1.94 bits per heavy atom. The van der Waals surface area contributed by atoms with Crippen molar-refractivity contribution in [1.82, 2.24) is 5.32 Å². The number of carbonyl (C=O) groups excluding carboxylic acids is 2. The predicted molar refractivity (Wildman–Crippen MR) is 65.3 cm³/mol. The van der Waals surface area contributed by atoms with Gasteiger partial charge in [-0.3, -0.25) is 14.9 Å². The third-order valence-corrected chi connectivity index (χ3v) is 3.84. The van der Waals surface area contributed by atoms with Crippen molar-refractivity contribution in [2.45, 2.75) is 32.1 Å². The topological polar surface area (TPSA) is 46.2 Å². The number of imide groups is 1. The van der Waals surface area contributed by atoms with Crippen LogP contribution in [-0.2, 0) is 15.0 Å². The molecular weight excluding hydrogens is 214 g/mol. The Labute approximate surface area is 101 Å². The van der Waals surface area contributed by atoms with Crippen LogP contribution in [0, 0.1) is 5.92 Å². The van der Waals surface area contributed by atoms with Crippen molar-refractivity contribution in [3.63, 3.8) is 0 Å². The van der Waals surface area contributed by atoms with Gasteiger partial charge in [0.2, 0.25) is 11.8 Å². The van der Waals surface area contributed by atoms with E-state index in [1.165, 1.54) is 0 Å². The van der Waals surface area contributed by atoms with E-state index in [4.69, 9.17) is 0 Å². The zero-order valence-corrected chi connectivity index (χ0v) is 10.2. The highest BCUT2D eigenvalue weighted by molar-refractivity contribution is 6.03. The lowest BCUT2D eigenvalue weighted by Gasteiger charge is -2.40. The van der Waals surface area contributed by atoms with Crippen molar-refractivity contribution in [1.29, 1.82) is 0 Å². The summed E-state index contributed by atoms with van der Waals surface area (Å²) in [5.74, 6) is -0.284. The zero-order valence-electron chi connectivity index (χ0n) is 10.2. The molecule has 2 unspecified atom stereocenters. The maximum absolute atomic E-state index is 12.2. The summed E-state index contributed by atoms with van der Waals surface area (Å²) < 4.78 is 0. The van der Waals surface area contributed by atoms with Crippen molar-refractivity contribution in [3.05, 3.63) is 35.9 Å². The second-order valence-electron chi connectivity index (χ2n) is 4.67. The van der Waals surface area contributed by atoms with E-state index in [-0.39, 0.29) is 17.7 Å². The summed E-state index contributed by atoms with van der Waals surface area (Å²) >= 11 is 0. The molecule has 0 spiro atoms. The second-order valence-corrected chi connectivity index (χ2v) is 4.67. The monoisotopic (exact) mass is 231 g/mol. The van der Waals surface area contributed by atoms with Crippen LogP contribution in [0.2, 0.25) is 0 Å². The van der Waals surface area contributed by atoms with Gasteiger partial charge in [0, 0.05) is 6.42 Å². The van der Waals surface area contributed by atoms with E-state index >= 15 is 0 Å². The molecule has 17 heavy (non-hydrogen) atoms. The molecule has 1 N–H and O–H groups in total. The molecule has 90 valence electrons. The Morgan fingerprint density at radius 1 is 1.29 bits per heavy atom.